The average Bonchev–Trinajstić information content (AvgIpc) is 2.89. The van der Waals surface area contributed by atoms with Crippen molar-refractivity contribution in [2.24, 2.45) is 0 Å². The summed E-state index contributed by atoms with van der Waals surface area (Å²) in [6.07, 6.45) is 0.615. The highest BCUT2D eigenvalue weighted by molar-refractivity contribution is 7.18. The summed E-state index contributed by atoms with van der Waals surface area (Å²) in [4.78, 5) is 14.0. The molecule has 1 fully saturated rings. The Morgan fingerprint density at radius 1 is 1.70 bits per heavy atom. The third kappa shape index (κ3) is 2.57. The summed E-state index contributed by atoms with van der Waals surface area (Å²) in [5, 5.41) is 19.9. The Balaban J connectivity index is 2.37. The van der Waals surface area contributed by atoms with E-state index >= 15 is 0 Å². The van der Waals surface area contributed by atoms with E-state index in [1.165, 1.54) is 0 Å². The molecule has 1 unspecified atom stereocenters. The van der Waals surface area contributed by atoms with Crippen LogP contribution in [0.3, 0.4) is 0 Å². The highest BCUT2D eigenvalue weighted by Crippen LogP contribution is 2.40. The van der Waals surface area contributed by atoms with Gasteiger partial charge in [0.05, 0.1) is 17.9 Å². The first-order chi connectivity index (χ1) is 9.39. The molecule has 1 aromatic heterocycles. The molecule has 7 heteroatoms. The van der Waals surface area contributed by atoms with E-state index in [2.05, 4.69) is 0 Å². The average molecular weight is 295 g/mol. The maximum absolute atomic E-state index is 11.8. The Hall–Kier alpha value is -1.78. The summed E-state index contributed by atoms with van der Waals surface area (Å²) in [6.45, 7) is 4.77. The molecule has 1 aliphatic heterocycles. The minimum atomic E-state index is -0.782. The fourth-order valence-electron chi connectivity index (χ4n) is 2.23. The van der Waals surface area contributed by atoms with E-state index < -0.39 is 11.6 Å². The molecule has 0 aromatic carbocycles. The fourth-order valence-corrected chi connectivity index (χ4v) is 3.32. The highest BCUT2D eigenvalue weighted by atomic mass is 32.1. The number of nitrogens with zero attached hydrogens (tertiary/aromatic N) is 2. The number of anilines is 2. The number of nitriles is 1. The second-order valence-electron chi connectivity index (χ2n) is 5.03. The number of carbonyl (C=O) groups is 1. The van der Waals surface area contributed by atoms with Gasteiger partial charge in [-0.3, -0.25) is 0 Å². The molecule has 1 aromatic rings. The van der Waals surface area contributed by atoms with Gasteiger partial charge >= 0.3 is 5.97 Å². The molecular weight excluding hydrogens is 278 g/mol. The first-order valence-corrected chi connectivity index (χ1v) is 7.18. The molecule has 0 radical (unpaired) electrons. The first kappa shape index (κ1) is 14.6. The van der Waals surface area contributed by atoms with Crippen LogP contribution in [0.4, 0.5) is 10.7 Å². The number of nitrogens with two attached hydrogens (primary N) is 1. The number of hydrogen-bond donors (Lipinski definition) is 2. The van der Waals surface area contributed by atoms with Crippen LogP contribution in [0, 0.1) is 11.3 Å². The van der Waals surface area contributed by atoms with Gasteiger partial charge in [-0.1, -0.05) is 0 Å². The normalized spacial score (nSPS) is 21.8. The number of thiophene rings is 1. The Labute approximate surface area is 121 Å². The summed E-state index contributed by atoms with van der Waals surface area (Å²) in [7, 11) is 0. The lowest BCUT2D eigenvalue weighted by Gasteiger charge is -2.19. The predicted octanol–water partition coefficient (Wildman–Crippen LogP) is 1.34. The van der Waals surface area contributed by atoms with E-state index in [1.807, 2.05) is 11.0 Å². The Kier molecular flexibility index (Phi) is 3.88. The second-order valence-corrected chi connectivity index (χ2v) is 6.02. The Morgan fingerprint density at radius 2 is 2.40 bits per heavy atom. The molecule has 0 amide bonds. The molecule has 0 spiro atoms. The van der Waals surface area contributed by atoms with Crippen molar-refractivity contribution in [3.05, 3.63) is 10.4 Å². The molecule has 0 bridgehead atoms. The number of esters is 1. The molecule has 1 aliphatic rings. The van der Waals surface area contributed by atoms with Crippen molar-refractivity contribution in [1.29, 1.82) is 5.26 Å². The lowest BCUT2D eigenvalue weighted by Crippen LogP contribution is -2.29. The van der Waals surface area contributed by atoms with Crippen molar-refractivity contribution in [2.75, 3.05) is 30.3 Å². The van der Waals surface area contributed by atoms with Gasteiger partial charge in [0.2, 0.25) is 0 Å². The molecule has 1 atom stereocenters. The zero-order chi connectivity index (χ0) is 14.9. The highest BCUT2D eigenvalue weighted by Gasteiger charge is 2.35. The third-order valence-electron chi connectivity index (χ3n) is 3.24. The molecule has 108 valence electrons. The number of aliphatic hydroxyl groups is 1. The van der Waals surface area contributed by atoms with Crippen molar-refractivity contribution in [3.8, 4) is 6.07 Å². The van der Waals surface area contributed by atoms with Crippen molar-refractivity contribution in [2.45, 2.75) is 25.9 Å². The Morgan fingerprint density at radius 3 is 2.90 bits per heavy atom. The maximum atomic E-state index is 11.8. The van der Waals surface area contributed by atoms with Crippen molar-refractivity contribution < 1.29 is 14.6 Å². The van der Waals surface area contributed by atoms with Gasteiger partial charge in [0.25, 0.3) is 0 Å². The number of rotatable bonds is 3. The monoisotopic (exact) mass is 295 g/mol. The van der Waals surface area contributed by atoms with Crippen LogP contribution < -0.4 is 10.6 Å². The van der Waals surface area contributed by atoms with Crippen LogP contribution >= 0.6 is 11.3 Å². The summed E-state index contributed by atoms with van der Waals surface area (Å²) in [5.74, 6) is -0.510. The van der Waals surface area contributed by atoms with Gasteiger partial charge in [0, 0.05) is 13.1 Å². The Bertz CT molecular complexity index is 574. The number of carbonyl (C=O) groups excluding carboxylic acids is 1. The van der Waals surface area contributed by atoms with Gasteiger partial charge in [-0.2, -0.15) is 5.26 Å². The zero-order valence-corrected chi connectivity index (χ0v) is 12.3. The second kappa shape index (κ2) is 5.31. The van der Waals surface area contributed by atoms with E-state index in [0.717, 1.165) is 11.3 Å². The molecule has 6 nitrogen and oxygen atoms in total. The first-order valence-electron chi connectivity index (χ1n) is 6.36. The molecule has 0 saturated carbocycles. The van der Waals surface area contributed by atoms with E-state index in [1.54, 1.807) is 13.8 Å². The zero-order valence-electron chi connectivity index (χ0n) is 11.5. The SMILES string of the molecule is CCOC(=O)c1sc(N2CCC(C)(O)C2)c(C#N)c1N. The van der Waals surface area contributed by atoms with Crippen LogP contribution in [0.2, 0.25) is 0 Å². The van der Waals surface area contributed by atoms with Crippen LogP contribution in [0.25, 0.3) is 0 Å². The fraction of sp³-hybridized carbons (Fsp3) is 0.538. The molecule has 1 saturated heterocycles. The minimum Gasteiger partial charge on any atom is -0.462 e. The van der Waals surface area contributed by atoms with E-state index in [4.69, 9.17) is 10.5 Å². The number of hydrogen-bond acceptors (Lipinski definition) is 7. The maximum Gasteiger partial charge on any atom is 0.350 e. The lowest BCUT2D eigenvalue weighted by molar-refractivity contribution is 0.0533. The van der Waals surface area contributed by atoms with E-state index in [-0.39, 0.29) is 22.7 Å². The molecule has 0 aliphatic carbocycles. The van der Waals surface area contributed by atoms with E-state index in [9.17, 15) is 15.2 Å². The summed E-state index contributed by atoms with van der Waals surface area (Å²) < 4.78 is 4.94. The quantitative estimate of drug-likeness (QED) is 0.816. The number of nitrogen functional groups attached to an aromatic ring is 1. The topological polar surface area (TPSA) is 99.6 Å². The number of β-amino-alcohol motifs (C(OH)–C–C–N with tert-alkyl or cyclic N) is 1. The van der Waals surface area contributed by atoms with Crippen LogP contribution in [-0.4, -0.2) is 36.4 Å². The minimum absolute atomic E-state index is 0.164. The van der Waals surface area contributed by atoms with Gasteiger partial charge in [-0.25, -0.2) is 4.79 Å². The number of ether oxygens (including phenoxy) is 1. The van der Waals surface area contributed by atoms with Gasteiger partial charge in [0.15, 0.2) is 0 Å². The molecule has 20 heavy (non-hydrogen) atoms. The smallest absolute Gasteiger partial charge is 0.350 e. The summed E-state index contributed by atoms with van der Waals surface area (Å²) >= 11 is 1.15. The van der Waals surface area contributed by atoms with Crippen LogP contribution in [0.1, 0.15) is 35.5 Å². The van der Waals surface area contributed by atoms with Gasteiger partial charge in [-0.05, 0) is 20.3 Å². The van der Waals surface area contributed by atoms with Gasteiger partial charge in [-0.15, -0.1) is 11.3 Å². The van der Waals surface area contributed by atoms with Crippen molar-refractivity contribution >= 4 is 28.0 Å². The summed E-state index contributed by atoms with van der Waals surface area (Å²) in [5.41, 5.74) is 5.55. The summed E-state index contributed by atoms with van der Waals surface area (Å²) in [6, 6.07) is 2.04. The van der Waals surface area contributed by atoms with Gasteiger partial charge in [0.1, 0.15) is 21.5 Å². The molecular formula is C13H17N3O3S. The van der Waals surface area contributed by atoms with Crippen molar-refractivity contribution in [3.63, 3.8) is 0 Å². The third-order valence-corrected chi connectivity index (χ3v) is 4.48. The molecule has 2 heterocycles. The molecule has 2 rings (SSSR count). The van der Waals surface area contributed by atoms with Crippen LogP contribution in [-0.2, 0) is 4.74 Å². The van der Waals surface area contributed by atoms with Gasteiger partial charge < -0.3 is 20.5 Å². The van der Waals surface area contributed by atoms with Crippen molar-refractivity contribution in [1.82, 2.24) is 0 Å². The van der Waals surface area contributed by atoms with E-state index in [0.29, 0.717) is 24.5 Å². The molecule has 3 N–H and O–H groups in total. The lowest BCUT2D eigenvalue weighted by atomic mass is 10.1. The van der Waals surface area contributed by atoms with Crippen LogP contribution in [0.15, 0.2) is 0 Å². The predicted molar refractivity (Wildman–Crippen MR) is 76.9 cm³/mol. The van der Waals surface area contributed by atoms with Crippen LogP contribution in [0.5, 0.6) is 0 Å². The standard InChI is InChI=1S/C13H17N3O3S/c1-3-19-12(17)10-9(15)8(6-14)11(20-10)16-5-4-13(2,18)7-16/h18H,3-5,7,15H2,1-2H3. The largest absolute Gasteiger partial charge is 0.462 e.